The van der Waals surface area contributed by atoms with E-state index < -0.39 is 0 Å². The number of carbonyl (C=O) groups excluding carboxylic acids is 1. The van der Waals surface area contributed by atoms with Crippen LogP contribution < -0.4 is 4.74 Å². The van der Waals surface area contributed by atoms with Crippen LogP contribution in [0.2, 0.25) is 0 Å². The van der Waals surface area contributed by atoms with Gasteiger partial charge in [-0.15, -0.1) is 0 Å². The minimum absolute atomic E-state index is 0.233. The number of aldehydes is 1. The van der Waals surface area contributed by atoms with Gasteiger partial charge < -0.3 is 9.47 Å². The van der Waals surface area contributed by atoms with E-state index in [2.05, 4.69) is 13.8 Å². The maximum atomic E-state index is 10.8. The molecule has 0 aliphatic carbocycles. The van der Waals surface area contributed by atoms with Gasteiger partial charge in [0.15, 0.2) is 0 Å². The predicted molar refractivity (Wildman–Crippen MR) is 81.4 cm³/mol. The lowest BCUT2D eigenvalue weighted by atomic mass is 10.1. The van der Waals surface area contributed by atoms with Gasteiger partial charge in [-0.1, -0.05) is 32.6 Å². The van der Waals surface area contributed by atoms with Gasteiger partial charge in [0.1, 0.15) is 12.0 Å². The highest BCUT2D eigenvalue weighted by Gasteiger charge is 2.08. The molecule has 112 valence electrons. The molecule has 20 heavy (non-hydrogen) atoms. The Kier molecular flexibility index (Phi) is 7.97. The van der Waals surface area contributed by atoms with Crippen molar-refractivity contribution in [3.8, 4) is 5.75 Å². The fraction of sp³-hybridized carbons (Fsp3) is 0.588. The van der Waals surface area contributed by atoms with E-state index in [1.807, 2.05) is 12.1 Å². The molecule has 0 amide bonds. The van der Waals surface area contributed by atoms with E-state index in [0.717, 1.165) is 24.0 Å². The number of benzene rings is 1. The number of ether oxygens (including phenoxy) is 2. The van der Waals surface area contributed by atoms with E-state index in [-0.39, 0.29) is 6.10 Å². The summed E-state index contributed by atoms with van der Waals surface area (Å²) in [6.07, 6.45) is 7.19. The van der Waals surface area contributed by atoms with Gasteiger partial charge >= 0.3 is 0 Å². The van der Waals surface area contributed by atoms with Crippen molar-refractivity contribution in [2.75, 3.05) is 7.11 Å². The summed E-state index contributed by atoms with van der Waals surface area (Å²) in [7, 11) is 1.63. The molecule has 0 saturated carbocycles. The summed E-state index contributed by atoms with van der Waals surface area (Å²) < 4.78 is 11.1. The van der Waals surface area contributed by atoms with Crippen LogP contribution in [0.5, 0.6) is 5.75 Å². The first-order chi connectivity index (χ1) is 9.71. The Morgan fingerprint density at radius 3 is 2.70 bits per heavy atom. The van der Waals surface area contributed by atoms with Gasteiger partial charge in [0.2, 0.25) is 0 Å². The lowest BCUT2D eigenvalue weighted by Crippen LogP contribution is -2.09. The molecule has 3 nitrogen and oxygen atoms in total. The second kappa shape index (κ2) is 9.54. The van der Waals surface area contributed by atoms with Crippen molar-refractivity contribution in [2.45, 2.75) is 58.7 Å². The average Bonchev–Trinajstić information content (AvgIpc) is 2.49. The molecule has 0 aromatic heterocycles. The highest BCUT2D eigenvalue weighted by Crippen LogP contribution is 2.21. The molecule has 1 atom stereocenters. The molecule has 0 bridgehead atoms. The van der Waals surface area contributed by atoms with Crippen LogP contribution in [0.25, 0.3) is 0 Å². The Hall–Kier alpha value is -1.35. The third kappa shape index (κ3) is 5.74. The Labute approximate surface area is 122 Å². The summed E-state index contributed by atoms with van der Waals surface area (Å²) in [5.41, 5.74) is 1.58. The molecule has 0 saturated heterocycles. The Balaban J connectivity index is 2.45. The third-order valence-corrected chi connectivity index (χ3v) is 3.43. The molecule has 1 rings (SSSR count). The minimum atomic E-state index is 0.233. The number of rotatable bonds is 10. The molecule has 0 aliphatic rings. The van der Waals surface area contributed by atoms with Gasteiger partial charge in [0.25, 0.3) is 0 Å². The first-order valence-electron chi connectivity index (χ1n) is 7.45. The quantitative estimate of drug-likeness (QED) is 0.470. The molecule has 3 heteroatoms. The number of carbonyl (C=O) groups is 1. The summed E-state index contributed by atoms with van der Waals surface area (Å²) in [5, 5.41) is 0. The fourth-order valence-corrected chi connectivity index (χ4v) is 2.16. The first-order valence-corrected chi connectivity index (χ1v) is 7.45. The molecular formula is C17H26O3. The molecule has 0 aliphatic heterocycles. The highest BCUT2D eigenvalue weighted by atomic mass is 16.5. The van der Waals surface area contributed by atoms with Crippen molar-refractivity contribution >= 4 is 6.29 Å². The normalized spacial score (nSPS) is 12.2. The second-order valence-corrected chi connectivity index (χ2v) is 5.16. The Morgan fingerprint density at radius 1 is 1.25 bits per heavy atom. The minimum Gasteiger partial charge on any atom is -0.496 e. The lowest BCUT2D eigenvalue weighted by molar-refractivity contribution is 0.0448. The average molecular weight is 278 g/mol. The van der Waals surface area contributed by atoms with E-state index >= 15 is 0 Å². The molecule has 1 aromatic carbocycles. The van der Waals surface area contributed by atoms with Crippen molar-refractivity contribution in [1.29, 1.82) is 0 Å². The number of hydrogen-bond donors (Lipinski definition) is 0. The van der Waals surface area contributed by atoms with Crippen LogP contribution in [-0.4, -0.2) is 19.5 Å². The second-order valence-electron chi connectivity index (χ2n) is 5.16. The number of methoxy groups -OCH3 is 1. The summed E-state index contributed by atoms with van der Waals surface area (Å²) in [6, 6.07) is 5.40. The van der Waals surface area contributed by atoms with E-state index in [1.54, 1.807) is 13.2 Å². The fourth-order valence-electron chi connectivity index (χ4n) is 2.16. The monoisotopic (exact) mass is 278 g/mol. The Bertz CT molecular complexity index is 401. The predicted octanol–water partition coefficient (Wildman–Crippen LogP) is 4.38. The van der Waals surface area contributed by atoms with Crippen LogP contribution in [-0.2, 0) is 11.3 Å². The summed E-state index contributed by atoms with van der Waals surface area (Å²) in [4.78, 5) is 10.8. The molecule has 0 radical (unpaired) electrons. The van der Waals surface area contributed by atoms with Crippen molar-refractivity contribution in [1.82, 2.24) is 0 Å². The SMILES string of the molecule is CCCCCCC(C)OCc1cc(C=O)ccc1OC. The van der Waals surface area contributed by atoms with Crippen molar-refractivity contribution in [3.05, 3.63) is 29.3 Å². The molecule has 0 spiro atoms. The van der Waals surface area contributed by atoms with Crippen LogP contribution >= 0.6 is 0 Å². The van der Waals surface area contributed by atoms with Gasteiger partial charge in [0.05, 0.1) is 19.8 Å². The molecule has 0 fully saturated rings. The van der Waals surface area contributed by atoms with Crippen LogP contribution in [0.4, 0.5) is 0 Å². The van der Waals surface area contributed by atoms with E-state index in [9.17, 15) is 4.79 Å². The zero-order chi connectivity index (χ0) is 14.8. The van der Waals surface area contributed by atoms with E-state index in [1.165, 1.54) is 25.7 Å². The summed E-state index contributed by atoms with van der Waals surface area (Å²) in [5.74, 6) is 0.772. The van der Waals surface area contributed by atoms with Crippen LogP contribution in [0.1, 0.15) is 61.9 Å². The van der Waals surface area contributed by atoms with Crippen molar-refractivity contribution < 1.29 is 14.3 Å². The van der Waals surface area contributed by atoms with Gasteiger partial charge in [0, 0.05) is 11.1 Å². The van der Waals surface area contributed by atoms with E-state index in [4.69, 9.17) is 9.47 Å². The first kappa shape index (κ1) is 16.7. The van der Waals surface area contributed by atoms with Gasteiger partial charge in [-0.3, -0.25) is 4.79 Å². The maximum absolute atomic E-state index is 10.8. The molecular weight excluding hydrogens is 252 g/mol. The summed E-state index contributed by atoms with van der Waals surface area (Å²) >= 11 is 0. The van der Waals surface area contributed by atoms with Crippen LogP contribution in [0.15, 0.2) is 18.2 Å². The van der Waals surface area contributed by atoms with Crippen LogP contribution in [0, 0.1) is 0 Å². The van der Waals surface area contributed by atoms with Crippen LogP contribution in [0.3, 0.4) is 0 Å². The van der Waals surface area contributed by atoms with Crippen molar-refractivity contribution in [2.24, 2.45) is 0 Å². The third-order valence-electron chi connectivity index (χ3n) is 3.43. The molecule has 0 heterocycles. The smallest absolute Gasteiger partial charge is 0.150 e. The van der Waals surface area contributed by atoms with Crippen molar-refractivity contribution in [3.63, 3.8) is 0 Å². The highest BCUT2D eigenvalue weighted by molar-refractivity contribution is 5.75. The topological polar surface area (TPSA) is 35.5 Å². The standard InChI is InChI=1S/C17H26O3/c1-4-5-6-7-8-14(2)20-13-16-11-15(12-18)9-10-17(16)19-3/h9-12,14H,4-8,13H2,1-3H3. The largest absolute Gasteiger partial charge is 0.496 e. The van der Waals surface area contributed by atoms with Gasteiger partial charge in [-0.2, -0.15) is 0 Å². The molecule has 0 N–H and O–H groups in total. The van der Waals surface area contributed by atoms with Gasteiger partial charge in [-0.05, 0) is 31.5 Å². The number of unbranched alkanes of at least 4 members (excludes halogenated alkanes) is 3. The lowest BCUT2D eigenvalue weighted by Gasteiger charge is -2.15. The molecule has 1 unspecified atom stereocenters. The zero-order valence-corrected chi connectivity index (χ0v) is 12.9. The van der Waals surface area contributed by atoms with Gasteiger partial charge in [-0.25, -0.2) is 0 Å². The number of hydrogen-bond acceptors (Lipinski definition) is 3. The van der Waals surface area contributed by atoms with E-state index in [0.29, 0.717) is 12.2 Å². The zero-order valence-electron chi connectivity index (χ0n) is 12.9. The maximum Gasteiger partial charge on any atom is 0.150 e. The summed E-state index contributed by atoms with van der Waals surface area (Å²) in [6.45, 7) is 4.80. The Morgan fingerprint density at radius 2 is 2.05 bits per heavy atom. The molecule has 1 aromatic rings.